The van der Waals surface area contributed by atoms with Crippen molar-refractivity contribution in [3.63, 3.8) is 0 Å². The number of carbonyl (C=O) groups excluding carboxylic acids is 1. The van der Waals surface area contributed by atoms with Crippen LogP contribution in [0, 0.1) is 25.6 Å². The SMILES string of the molecule is Cc1ccc(SCCC(=O)NC[C@H]2CCN(c3ccc(F)cc3)C2)cc1C. The van der Waals surface area contributed by atoms with Gasteiger partial charge in [-0.2, -0.15) is 0 Å². The summed E-state index contributed by atoms with van der Waals surface area (Å²) in [5.41, 5.74) is 3.63. The van der Waals surface area contributed by atoms with Gasteiger partial charge in [-0.3, -0.25) is 4.79 Å². The average Bonchev–Trinajstić information content (AvgIpc) is 3.12. The minimum absolute atomic E-state index is 0.117. The van der Waals surface area contributed by atoms with E-state index in [-0.39, 0.29) is 11.7 Å². The normalized spacial score (nSPS) is 16.6. The zero-order chi connectivity index (χ0) is 19.2. The van der Waals surface area contributed by atoms with Gasteiger partial charge >= 0.3 is 0 Å². The molecular weight excluding hydrogens is 359 g/mol. The van der Waals surface area contributed by atoms with Gasteiger partial charge in [0.2, 0.25) is 5.91 Å². The molecule has 0 aliphatic carbocycles. The lowest BCUT2D eigenvalue weighted by Crippen LogP contribution is -2.31. The summed E-state index contributed by atoms with van der Waals surface area (Å²) >= 11 is 1.73. The molecule has 144 valence electrons. The number of rotatable bonds is 7. The number of hydrogen-bond donors (Lipinski definition) is 1. The zero-order valence-electron chi connectivity index (χ0n) is 16.0. The van der Waals surface area contributed by atoms with Gasteiger partial charge in [-0.05, 0) is 73.7 Å². The minimum atomic E-state index is -0.208. The summed E-state index contributed by atoms with van der Waals surface area (Å²) in [7, 11) is 0. The van der Waals surface area contributed by atoms with E-state index in [1.54, 1.807) is 11.8 Å². The van der Waals surface area contributed by atoms with E-state index in [9.17, 15) is 9.18 Å². The first-order valence-electron chi connectivity index (χ1n) is 9.48. The monoisotopic (exact) mass is 386 g/mol. The molecule has 0 saturated carbocycles. The predicted octanol–water partition coefficient (Wildman–Crippen LogP) is 4.57. The molecule has 0 radical (unpaired) electrons. The Labute approximate surface area is 165 Å². The van der Waals surface area contributed by atoms with Crippen molar-refractivity contribution in [2.24, 2.45) is 5.92 Å². The van der Waals surface area contributed by atoms with Crippen LogP contribution in [0.4, 0.5) is 10.1 Å². The van der Waals surface area contributed by atoms with Crippen LogP contribution in [0.2, 0.25) is 0 Å². The molecule has 0 spiro atoms. The molecule has 0 unspecified atom stereocenters. The van der Waals surface area contributed by atoms with Crippen molar-refractivity contribution >= 4 is 23.4 Å². The Kier molecular flexibility index (Phi) is 6.78. The molecule has 2 aromatic carbocycles. The second-order valence-corrected chi connectivity index (χ2v) is 8.39. The lowest BCUT2D eigenvalue weighted by Gasteiger charge is -2.18. The van der Waals surface area contributed by atoms with Crippen LogP contribution in [0.3, 0.4) is 0 Å². The molecule has 1 N–H and O–H groups in total. The Morgan fingerprint density at radius 3 is 2.70 bits per heavy atom. The molecule has 2 aromatic rings. The summed E-state index contributed by atoms with van der Waals surface area (Å²) in [6, 6.07) is 13.1. The van der Waals surface area contributed by atoms with Crippen LogP contribution in [-0.2, 0) is 4.79 Å². The third-order valence-corrected chi connectivity index (χ3v) is 6.14. The van der Waals surface area contributed by atoms with Crippen molar-refractivity contribution < 1.29 is 9.18 Å². The second kappa shape index (κ2) is 9.27. The fraction of sp³-hybridized carbons (Fsp3) is 0.409. The molecule has 1 amide bonds. The highest BCUT2D eigenvalue weighted by atomic mass is 32.2. The highest BCUT2D eigenvalue weighted by molar-refractivity contribution is 7.99. The van der Waals surface area contributed by atoms with Crippen molar-refractivity contribution in [1.29, 1.82) is 0 Å². The van der Waals surface area contributed by atoms with Crippen LogP contribution in [-0.4, -0.2) is 31.3 Å². The van der Waals surface area contributed by atoms with Gasteiger partial charge in [-0.1, -0.05) is 6.07 Å². The summed E-state index contributed by atoms with van der Waals surface area (Å²) in [6.07, 6.45) is 1.58. The molecule has 3 nitrogen and oxygen atoms in total. The highest BCUT2D eigenvalue weighted by Crippen LogP contribution is 2.24. The van der Waals surface area contributed by atoms with Gasteiger partial charge in [-0.15, -0.1) is 11.8 Å². The zero-order valence-corrected chi connectivity index (χ0v) is 16.8. The fourth-order valence-electron chi connectivity index (χ4n) is 3.30. The number of nitrogens with one attached hydrogen (secondary N) is 1. The third kappa shape index (κ3) is 5.73. The van der Waals surface area contributed by atoms with Crippen LogP contribution in [0.1, 0.15) is 24.0 Å². The molecule has 1 aliphatic heterocycles. The summed E-state index contributed by atoms with van der Waals surface area (Å²) in [6.45, 7) is 6.79. The van der Waals surface area contributed by atoms with E-state index in [1.165, 1.54) is 28.2 Å². The Hall–Kier alpha value is -2.01. The first-order chi connectivity index (χ1) is 13.0. The number of hydrogen-bond acceptors (Lipinski definition) is 3. The van der Waals surface area contributed by atoms with Crippen molar-refractivity contribution in [1.82, 2.24) is 5.32 Å². The Bertz CT molecular complexity index is 778. The Balaban J connectivity index is 1.35. The predicted molar refractivity (Wildman–Crippen MR) is 111 cm³/mol. The average molecular weight is 387 g/mol. The third-order valence-electron chi connectivity index (χ3n) is 5.14. The van der Waals surface area contributed by atoms with E-state index >= 15 is 0 Å². The fourth-order valence-corrected chi connectivity index (χ4v) is 4.25. The molecule has 3 rings (SSSR count). The molecule has 0 bridgehead atoms. The molecule has 1 atom stereocenters. The van der Waals surface area contributed by atoms with Gasteiger partial charge in [0.1, 0.15) is 5.82 Å². The Morgan fingerprint density at radius 2 is 1.96 bits per heavy atom. The highest BCUT2D eigenvalue weighted by Gasteiger charge is 2.23. The molecule has 27 heavy (non-hydrogen) atoms. The largest absolute Gasteiger partial charge is 0.371 e. The number of halogens is 1. The topological polar surface area (TPSA) is 32.3 Å². The Morgan fingerprint density at radius 1 is 1.19 bits per heavy atom. The number of amides is 1. The van der Waals surface area contributed by atoms with Gasteiger partial charge in [0.25, 0.3) is 0 Å². The molecule has 1 aliphatic rings. The van der Waals surface area contributed by atoms with E-state index in [0.29, 0.717) is 18.9 Å². The smallest absolute Gasteiger partial charge is 0.220 e. The lowest BCUT2D eigenvalue weighted by atomic mass is 10.1. The molecule has 1 saturated heterocycles. The van der Waals surface area contributed by atoms with Gasteiger partial charge < -0.3 is 10.2 Å². The van der Waals surface area contributed by atoms with Crippen LogP contribution in [0.25, 0.3) is 0 Å². The summed E-state index contributed by atoms with van der Waals surface area (Å²) in [5, 5.41) is 3.07. The first-order valence-corrected chi connectivity index (χ1v) is 10.5. The maximum absolute atomic E-state index is 13.0. The van der Waals surface area contributed by atoms with Crippen LogP contribution >= 0.6 is 11.8 Å². The number of benzene rings is 2. The number of thioether (sulfide) groups is 1. The number of nitrogens with zero attached hydrogens (tertiary/aromatic N) is 1. The van der Waals surface area contributed by atoms with Gasteiger partial charge in [-0.25, -0.2) is 4.39 Å². The van der Waals surface area contributed by atoms with Crippen molar-refractivity contribution in [2.75, 3.05) is 30.3 Å². The first kappa shape index (κ1) is 19.7. The number of aryl methyl sites for hydroxylation is 2. The van der Waals surface area contributed by atoms with Gasteiger partial charge in [0, 0.05) is 42.4 Å². The summed E-state index contributed by atoms with van der Waals surface area (Å²) < 4.78 is 13.0. The van der Waals surface area contributed by atoms with Crippen LogP contribution < -0.4 is 10.2 Å². The maximum Gasteiger partial charge on any atom is 0.220 e. The standard InChI is InChI=1S/C22H27FN2OS/c1-16-3-8-21(13-17(16)2)27-12-10-22(26)24-14-18-9-11-25(15-18)20-6-4-19(23)5-7-20/h3-8,13,18H,9-12,14-15H2,1-2H3,(H,24,26)/t18-/m1/s1. The maximum atomic E-state index is 13.0. The summed E-state index contributed by atoms with van der Waals surface area (Å²) in [5.74, 6) is 1.15. The lowest BCUT2D eigenvalue weighted by molar-refractivity contribution is -0.120. The molecule has 5 heteroatoms. The molecule has 1 fully saturated rings. The van der Waals surface area contributed by atoms with Crippen LogP contribution in [0.15, 0.2) is 47.4 Å². The molecule has 1 heterocycles. The summed E-state index contributed by atoms with van der Waals surface area (Å²) in [4.78, 5) is 15.6. The number of carbonyl (C=O) groups is 1. The van der Waals surface area contributed by atoms with Crippen molar-refractivity contribution in [2.45, 2.75) is 31.6 Å². The van der Waals surface area contributed by atoms with Crippen LogP contribution in [0.5, 0.6) is 0 Å². The van der Waals surface area contributed by atoms with E-state index in [2.05, 4.69) is 42.3 Å². The van der Waals surface area contributed by atoms with E-state index < -0.39 is 0 Å². The van der Waals surface area contributed by atoms with E-state index in [0.717, 1.165) is 31.0 Å². The van der Waals surface area contributed by atoms with E-state index in [4.69, 9.17) is 0 Å². The van der Waals surface area contributed by atoms with Gasteiger partial charge in [0.15, 0.2) is 0 Å². The van der Waals surface area contributed by atoms with Gasteiger partial charge in [0.05, 0.1) is 0 Å². The van der Waals surface area contributed by atoms with Crippen molar-refractivity contribution in [3.8, 4) is 0 Å². The second-order valence-electron chi connectivity index (χ2n) is 7.23. The molecule has 0 aromatic heterocycles. The quantitative estimate of drug-likeness (QED) is 0.708. The minimum Gasteiger partial charge on any atom is -0.371 e. The van der Waals surface area contributed by atoms with E-state index in [1.807, 2.05) is 12.1 Å². The van der Waals surface area contributed by atoms with Crippen molar-refractivity contribution in [3.05, 3.63) is 59.4 Å². The molecular formula is C22H27FN2OS. The number of anilines is 1.